The van der Waals surface area contributed by atoms with E-state index in [1.165, 1.54) is 16.5 Å². The number of hydrogen-bond acceptors (Lipinski definition) is 6. The van der Waals surface area contributed by atoms with Crippen molar-refractivity contribution in [2.45, 2.75) is 0 Å². The van der Waals surface area contributed by atoms with Crippen LogP contribution in [0.3, 0.4) is 0 Å². The van der Waals surface area contributed by atoms with Crippen LogP contribution in [0.15, 0.2) is 103 Å². The topological polar surface area (TPSA) is 80.9 Å². The molecule has 0 fully saturated rings. The first-order valence-corrected chi connectivity index (χ1v) is 12.0. The molecule has 0 unspecified atom stereocenters. The molecule has 4 rings (SSSR count). The van der Waals surface area contributed by atoms with Crippen molar-refractivity contribution < 1.29 is 32.5 Å². The number of ether oxygens (including phenoxy) is 2. The number of aromatic nitrogens is 1. The van der Waals surface area contributed by atoms with E-state index in [4.69, 9.17) is 30.1 Å². The van der Waals surface area contributed by atoms with Gasteiger partial charge in [-0.1, -0.05) is 40.2 Å². The van der Waals surface area contributed by atoms with E-state index >= 15 is 0 Å². The van der Waals surface area contributed by atoms with Crippen LogP contribution in [0.4, 0.5) is 0 Å². The Morgan fingerprint density at radius 2 is 1.18 bits per heavy atom. The molecule has 3 aromatic carbocycles. The van der Waals surface area contributed by atoms with E-state index in [1.54, 1.807) is 99.4 Å². The minimum absolute atomic E-state index is 0.0440. The summed E-state index contributed by atoms with van der Waals surface area (Å²) in [6.45, 7) is 0. The van der Waals surface area contributed by atoms with Gasteiger partial charge in [0.05, 0.1) is 14.2 Å². The van der Waals surface area contributed by atoms with Gasteiger partial charge < -0.3 is 23.6 Å². The maximum Gasteiger partial charge on any atom is 0.728 e. The zero-order chi connectivity index (χ0) is 24.4. The van der Waals surface area contributed by atoms with Crippen molar-refractivity contribution in [2.75, 3.05) is 14.2 Å². The van der Waals surface area contributed by atoms with Crippen molar-refractivity contribution in [3.63, 3.8) is 0 Å². The van der Waals surface area contributed by atoms with Gasteiger partial charge in [-0.05, 0) is 54.6 Å². The lowest BCUT2D eigenvalue weighted by Gasteiger charge is -2.14. The highest BCUT2D eigenvalue weighted by Gasteiger charge is 2.42. The van der Waals surface area contributed by atoms with Crippen LogP contribution < -0.4 is 28.0 Å². The molecule has 1 heterocycles. The molecule has 0 atom stereocenters. The largest absolute Gasteiger partial charge is 0.872 e. The number of halogens is 1. The Balaban J connectivity index is 0.000000343. The Morgan fingerprint density at radius 3 is 1.56 bits per heavy atom. The first-order chi connectivity index (χ1) is 16.4. The predicted molar refractivity (Wildman–Crippen MR) is 128 cm³/mol. The molecular formula is C25H23ClNO6P. The zero-order valence-electron chi connectivity index (χ0n) is 18.5. The summed E-state index contributed by atoms with van der Waals surface area (Å²) in [4.78, 5) is 0. The summed E-state index contributed by atoms with van der Waals surface area (Å²) in [5.74, 6) is 2.11. The highest BCUT2D eigenvalue weighted by atomic mass is 35.5. The molecule has 7 nitrogen and oxygen atoms in total. The van der Waals surface area contributed by atoms with Crippen molar-refractivity contribution in [2.24, 2.45) is 0 Å². The molecule has 0 amide bonds. The maximum atomic E-state index is 13.5. The lowest BCUT2D eigenvalue weighted by molar-refractivity contribution is -0.536. The van der Waals surface area contributed by atoms with Crippen LogP contribution in [0.25, 0.3) is 0 Å². The van der Waals surface area contributed by atoms with Gasteiger partial charge in [-0.2, -0.15) is 4.57 Å². The van der Waals surface area contributed by atoms with Crippen molar-refractivity contribution in [3.05, 3.63) is 108 Å². The molecule has 176 valence electrons. The lowest BCUT2D eigenvalue weighted by atomic mass is 10.3. The number of nitrogens with zero attached hydrogens (tertiary/aromatic N) is 1. The molecular weight excluding hydrogens is 477 g/mol. The lowest BCUT2D eigenvalue weighted by Crippen LogP contribution is -2.34. The summed E-state index contributed by atoms with van der Waals surface area (Å²) < 4.78 is 36.7. The summed E-state index contributed by atoms with van der Waals surface area (Å²) in [6.07, 6.45) is 3.27. The van der Waals surface area contributed by atoms with Gasteiger partial charge >= 0.3 is 7.75 Å². The van der Waals surface area contributed by atoms with Gasteiger partial charge in [-0.3, -0.25) is 0 Å². The first-order valence-electron chi connectivity index (χ1n) is 10.1. The third-order valence-electron chi connectivity index (χ3n) is 4.34. The Bertz CT molecular complexity index is 1150. The van der Waals surface area contributed by atoms with Crippen LogP contribution in [0.5, 0.6) is 28.7 Å². The Kier molecular flexibility index (Phi) is 8.79. The van der Waals surface area contributed by atoms with Gasteiger partial charge in [0.2, 0.25) is 0 Å². The van der Waals surface area contributed by atoms with E-state index in [9.17, 15) is 9.67 Å². The SMILES string of the molecule is COc1ccc(OP(=O)(Oc2ccc(OC)cc2)[n+]2ccccc2)cc1.[O-]c1cccc(Cl)c1. The number of pyridine rings is 1. The second kappa shape index (κ2) is 12.0. The predicted octanol–water partition coefficient (Wildman–Crippen LogP) is 5.52. The van der Waals surface area contributed by atoms with Gasteiger partial charge in [-0.15, -0.1) is 5.75 Å². The summed E-state index contributed by atoms with van der Waals surface area (Å²) in [7, 11) is -0.574. The monoisotopic (exact) mass is 499 g/mol. The second-order valence-electron chi connectivity index (χ2n) is 6.72. The Morgan fingerprint density at radius 1 is 0.706 bits per heavy atom. The van der Waals surface area contributed by atoms with Gasteiger partial charge in [-0.25, -0.2) is 0 Å². The summed E-state index contributed by atoms with van der Waals surface area (Å²) in [5, 5.41) is 10.9. The normalized spacial score (nSPS) is 10.4. The van der Waals surface area contributed by atoms with E-state index < -0.39 is 7.75 Å². The maximum absolute atomic E-state index is 13.5. The van der Waals surface area contributed by atoms with Crippen LogP contribution in [-0.2, 0) is 4.57 Å². The first kappa shape index (κ1) is 25.0. The van der Waals surface area contributed by atoms with Gasteiger partial charge in [0.1, 0.15) is 23.0 Å². The molecule has 0 saturated carbocycles. The fourth-order valence-electron chi connectivity index (χ4n) is 2.67. The molecule has 0 aliphatic rings. The molecule has 0 saturated heterocycles. The van der Waals surface area contributed by atoms with Crippen LogP contribution in [-0.4, -0.2) is 14.2 Å². The Labute approximate surface area is 203 Å². The molecule has 0 N–H and O–H groups in total. The molecule has 0 bridgehead atoms. The smallest absolute Gasteiger partial charge is 0.728 e. The number of benzene rings is 3. The summed E-state index contributed by atoms with van der Waals surface area (Å²) in [6, 6.07) is 25.1. The summed E-state index contributed by atoms with van der Waals surface area (Å²) in [5.41, 5.74) is 0. The Hall–Kier alpha value is -3.67. The van der Waals surface area contributed by atoms with E-state index in [1.807, 2.05) is 6.07 Å². The minimum Gasteiger partial charge on any atom is -0.872 e. The minimum atomic E-state index is -3.73. The third kappa shape index (κ3) is 7.17. The molecule has 4 aromatic rings. The summed E-state index contributed by atoms with van der Waals surface area (Å²) >= 11 is 5.44. The molecule has 0 aliphatic carbocycles. The zero-order valence-corrected chi connectivity index (χ0v) is 20.2. The fraction of sp³-hybridized carbons (Fsp3) is 0.0800. The fourth-order valence-corrected chi connectivity index (χ4v) is 4.34. The van der Waals surface area contributed by atoms with E-state index in [0.29, 0.717) is 28.0 Å². The van der Waals surface area contributed by atoms with Crippen LogP contribution >= 0.6 is 19.3 Å². The van der Waals surface area contributed by atoms with E-state index in [2.05, 4.69) is 0 Å². The van der Waals surface area contributed by atoms with Crippen molar-refractivity contribution in [3.8, 4) is 28.7 Å². The molecule has 34 heavy (non-hydrogen) atoms. The van der Waals surface area contributed by atoms with Crippen molar-refractivity contribution in [1.82, 2.24) is 0 Å². The number of methoxy groups -OCH3 is 2. The number of rotatable bonds is 7. The standard InChI is InChI=1S/C19H19NO5P.C6H5ClO/c1-22-16-6-10-18(11-7-16)24-26(21,20-14-4-3-5-15-20)25-19-12-8-17(23-2)9-13-19;7-5-2-1-3-6(8)4-5/h3-15H,1-2H3;1-4,8H/q+1;/p-1. The van der Waals surface area contributed by atoms with Crippen LogP contribution in [0.1, 0.15) is 0 Å². The van der Waals surface area contributed by atoms with Crippen LogP contribution in [0, 0.1) is 0 Å². The number of hydrogen-bond donors (Lipinski definition) is 0. The molecule has 1 aromatic heterocycles. The van der Waals surface area contributed by atoms with Crippen molar-refractivity contribution in [1.29, 1.82) is 0 Å². The van der Waals surface area contributed by atoms with Gasteiger partial charge in [0, 0.05) is 17.2 Å². The molecule has 0 spiro atoms. The highest BCUT2D eigenvalue weighted by Crippen LogP contribution is 2.44. The average Bonchev–Trinajstić information content (AvgIpc) is 2.86. The van der Waals surface area contributed by atoms with Gasteiger partial charge in [0.25, 0.3) is 0 Å². The quantitative estimate of drug-likeness (QED) is 0.311. The van der Waals surface area contributed by atoms with E-state index in [0.717, 1.165) is 0 Å². The third-order valence-corrected chi connectivity index (χ3v) is 6.29. The van der Waals surface area contributed by atoms with Crippen molar-refractivity contribution >= 4 is 19.3 Å². The second-order valence-corrected chi connectivity index (χ2v) is 8.92. The van der Waals surface area contributed by atoms with E-state index in [-0.39, 0.29) is 5.75 Å². The highest BCUT2D eigenvalue weighted by molar-refractivity contribution is 7.47. The molecule has 9 heteroatoms. The average molecular weight is 500 g/mol. The molecule has 0 radical (unpaired) electrons. The van der Waals surface area contributed by atoms with Crippen LogP contribution in [0.2, 0.25) is 5.02 Å². The molecule has 0 aliphatic heterocycles. The van der Waals surface area contributed by atoms with Gasteiger partial charge in [0.15, 0.2) is 12.4 Å².